The minimum Gasteiger partial charge on any atom is -0.485 e. The van der Waals surface area contributed by atoms with Crippen LogP contribution in [-0.2, 0) is 16.2 Å². The maximum Gasteiger partial charge on any atom is 0.490 e. The first-order valence-electron chi connectivity index (χ1n) is 14.1. The monoisotopic (exact) mass is 642 g/mol. The van der Waals surface area contributed by atoms with Crippen LogP contribution in [0.15, 0.2) is 30.5 Å². The van der Waals surface area contributed by atoms with E-state index in [0.717, 1.165) is 48.4 Å². The van der Waals surface area contributed by atoms with Crippen molar-refractivity contribution in [3.63, 3.8) is 0 Å². The van der Waals surface area contributed by atoms with E-state index >= 15 is 0 Å². The highest BCUT2D eigenvalue weighted by Crippen LogP contribution is 2.28. The Kier molecular flexibility index (Phi) is 11.0. The number of nitrogens with zero attached hydrogens (tertiary/aromatic N) is 4. The van der Waals surface area contributed by atoms with Crippen molar-refractivity contribution in [3.8, 4) is 5.75 Å². The summed E-state index contributed by atoms with van der Waals surface area (Å²) in [6.45, 7) is 9.64. The summed E-state index contributed by atoms with van der Waals surface area (Å²) in [7, 11) is 0. The molecule has 0 spiro atoms. The summed E-state index contributed by atoms with van der Waals surface area (Å²) in [6, 6.07) is 5.31. The zero-order chi connectivity index (χ0) is 33.7. The molecule has 1 aliphatic rings. The number of amides is 2. The van der Waals surface area contributed by atoms with E-state index in [1.807, 2.05) is 0 Å². The fraction of sp³-hybridized carbons (Fsp3) is 0.467. The normalized spacial score (nSPS) is 13.9. The number of hydroxylamine groups is 2. The predicted octanol–water partition coefficient (Wildman–Crippen LogP) is 6.61. The van der Waals surface area contributed by atoms with Crippen LogP contribution in [0, 0.1) is 25.5 Å². The lowest BCUT2D eigenvalue weighted by atomic mass is 10.1. The van der Waals surface area contributed by atoms with E-state index in [1.165, 1.54) is 6.07 Å². The molecule has 1 aromatic carbocycles. The third-order valence-corrected chi connectivity index (χ3v) is 6.70. The zero-order valence-corrected chi connectivity index (χ0v) is 25.5. The van der Waals surface area contributed by atoms with Crippen LogP contribution in [0.4, 0.5) is 26.7 Å². The molecule has 0 unspecified atom stereocenters. The number of carbonyl (C=O) groups excluding carboxylic acids is 2. The summed E-state index contributed by atoms with van der Waals surface area (Å²) in [5.41, 5.74) is 0.580. The molecule has 4 rings (SSSR count). The number of benzene rings is 1. The SMILES string of the molecule is Cc1cc(OCc2c(F)cccc2F)c2nc(C)c(C(=O)N(OC(=O)N3CCCCCC3)C(C)(C)C)n2c1.O=C(O)C(F)(F)F. The summed E-state index contributed by atoms with van der Waals surface area (Å²) < 4.78 is 67.4. The fourth-order valence-corrected chi connectivity index (χ4v) is 4.51. The van der Waals surface area contributed by atoms with Gasteiger partial charge in [0.15, 0.2) is 11.4 Å². The van der Waals surface area contributed by atoms with Gasteiger partial charge >= 0.3 is 24.1 Å². The number of carboxylic acids is 1. The number of likely N-dealkylation sites (tertiary alicyclic amines) is 1. The van der Waals surface area contributed by atoms with Gasteiger partial charge in [0.05, 0.1) is 16.8 Å². The van der Waals surface area contributed by atoms with Gasteiger partial charge < -0.3 is 19.6 Å². The second kappa shape index (κ2) is 14.1. The van der Waals surface area contributed by atoms with Gasteiger partial charge in [-0.1, -0.05) is 18.9 Å². The second-order valence-electron chi connectivity index (χ2n) is 11.4. The Labute approximate surface area is 256 Å². The smallest absolute Gasteiger partial charge is 0.485 e. The number of carbonyl (C=O) groups is 3. The molecule has 0 bridgehead atoms. The highest BCUT2D eigenvalue weighted by Gasteiger charge is 2.38. The van der Waals surface area contributed by atoms with E-state index in [9.17, 15) is 31.5 Å². The van der Waals surface area contributed by atoms with Crippen molar-refractivity contribution in [2.45, 2.75) is 78.6 Å². The van der Waals surface area contributed by atoms with E-state index in [4.69, 9.17) is 19.5 Å². The Morgan fingerprint density at radius 2 is 1.56 bits per heavy atom. The molecule has 15 heteroatoms. The highest BCUT2D eigenvalue weighted by atomic mass is 19.4. The zero-order valence-electron chi connectivity index (χ0n) is 25.5. The third-order valence-electron chi connectivity index (χ3n) is 6.70. The van der Waals surface area contributed by atoms with Crippen LogP contribution in [0.2, 0.25) is 0 Å². The lowest BCUT2D eigenvalue weighted by molar-refractivity contribution is -0.192. The first-order valence-corrected chi connectivity index (χ1v) is 14.1. The van der Waals surface area contributed by atoms with Gasteiger partial charge in [-0.05, 0) is 71.2 Å². The van der Waals surface area contributed by atoms with Crippen molar-refractivity contribution in [3.05, 3.63) is 64.6 Å². The maximum absolute atomic E-state index is 14.1. The Morgan fingerprint density at radius 1 is 1.00 bits per heavy atom. The number of aromatic nitrogens is 2. The first kappa shape index (κ1) is 35.1. The van der Waals surface area contributed by atoms with Gasteiger partial charge in [0.25, 0.3) is 0 Å². The first-order chi connectivity index (χ1) is 20.9. The molecular formula is C30H35F5N4O6. The van der Waals surface area contributed by atoms with Gasteiger partial charge in [0.1, 0.15) is 23.9 Å². The molecule has 246 valence electrons. The number of fused-ring (bicyclic) bond motifs is 1. The lowest BCUT2D eigenvalue weighted by Gasteiger charge is -2.34. The molecule has 1 fully saturated rings. The van der Waals surface area contributed by atoms with E-state index < -0.39 is 41.3 Å². The summed E-state index contributed by atoms with van der Waals surface area (Å²) >= 11 is 0. The summed E-state index contributed by atoms with van der Waals surface area (Å²) in [5, 5.41) is 8.22. The molecule has 1 saturated heterocycles. The number of alkyl halides is 3. The Morgan fingerprint density at radius 3 is 2.07 bits per heavy atom. The standard InChI is InChI=1S/C28H34F2N4O4.C2HF3O2/c1-18-15-23(37-17-20-21(29)11-10-12-22(20)30)25-31-19(2)24(33(25)16-18)26(35)34(28(3,4)5)38-27(36)32-13-8-6-7-9-14-32;3-2(4,5)1(6)7/h10-12,15-16H,6-9,13-14,17H2,1-5H3;(H,6,7). The quantitative estimate of drug-likeness (QED) is 0.252. The number of hydrogen-bond donors (Lipinski definition) is 1. The number of ether oxygens (including phenoxy) is 1. The molecule has 3 heterocycles. The minimum absolute atomic E-state index is 0.198. The maximum atomic E-state index is 14.1. The van der Waals surface area contributed by atoms with Crippen LogP contribution < -0.4 is 4.74 Å². The van der Waals surface area contributed by atoms with Gasteiger partial charge in [-0.3, -0.25) is 9.20 Å². The van der Waals surface area contributed by atoms with Gasteiger partial charge in [-0.2, -0.15) is 18.2 Å². The van der Waals surface area contributed by atoms with Crippen molar-refractivity contribution in [1.82, 2.24) is 19.3 Å². The molecule has 0 aliphatic carbocycles. The summed E-state index contributed by atoms with van der Waals surface area (Å²) in [6.07, 6.45) is -0.0294. The summed E-state index contributed by atoms with van der Waals surface area (Å²) in [4.78, 5) is 47.7. The highest BCUT2D eigenvalue weighted by molar-refractivity contribution is 5.95. The molecular weight excluding hydrogens is 607 g/mol. The molecule has 2 aromatic heterocycles. The number of rotatable bonds is 4. The van der Waals surface area contributed by atoms with E-state index in [2.05, 4.69) is 4.98 Å². The summed E-state index contributed by atoms with van der Waals surface area (Å²) in [5.74, 6) is -4.46. The number of imidazole rings is 1. The van der Waals surface area contributed by atoms with Crippen molar-refractivity contribution in [2.75, 3.05) is 13.1 Å². The fourth-order valence-electron chi connectivity index (χ4n) is 4.51. The number of aliphatic carboxylic acids is 1. The number of halogens is 5. The van der Waals surface area contributed by atoms with Crippen molar-refractivity contribution >= 4 is 23.6 Å². The van der Waals surface area contributed by atoms with Gasteiger partial charge in [-0.15, -0.1) is 0 Å². The number of aryl methyl sites for hydroxylation is 2. The van der Waals surface area contributed by atoms with Gasteiger partial charge in [-0.25, -0.2) is 23.4 Å². The topological polar surface area (TPSA) is 114 Å². The average Bonchev–Trinajstić information content (AvgIpc) is 3.08. The largest absolute Gasteiger partial charge is 0.490 e. The average molecular weight is 643 g/mol. The predicted molar refractivity (Wildman–Crippen MR) is 151 cm³/mol. The van der Waals surface area contributed by atoms with Gasteiger partial charge in [0, 0.05) is 19.3 Å². The van der Waals surface area contributed by atoms with E-state index in [0.29, 0.717) is 24.4 Å². The van der Waals surface area contributed by atoms with Crippen molar-refractivity contribution in [2.24, 2.45) is 0 Å². The number of hydrogen-bond acceptors (Lipinski definition) is 6. The third kappa shape index (κ3) is 8.82. The van der Waals surface area contributed by atoms with Crippen LogP contribution in [0.25, 0.3) is 5.65 Å². The van der Waals surface area contributed by atoms with Crippen LogP contribution in [0.1, 0.15) is 73.8 Å². The Bertz CT molecular complexity index is 1520. The second-order valence-corrected chi connectivity index (χ2v) is 11.4. The van der Waals surface area contributed by atoms with Crippen LogP contribution in [0.3, 0.4) is 0 Å². The van der Waals surface area contributed by atoms with Crippen LogP contribution >= 0.6 is 0 Å². The Hall–Kier alpha value is -4.43. The van der Waals surface area contributed by atoms with Crippen molar-refractivity contribution < 1.29 is 51.0 Å². The molecule has 0 atom stereocenters. The van der Waals surface area contributed by atoms with Crippen LogP contribution in [0.5, 0.6) is 5.75 Å². The van der Waals surface area contributed by atoms with E-state index in [-0.39, 0.29) is 23.6 Å². The Balaban J connectivity index is 0.000000707. The van der Waals surface area contributed by atoms with Crippen LogP contribution in [-0.4, -0.2) is 67.2 Å². The number of carboxylic acid groups (broad SMARTS) is 1. The molecule has 3 aromatic rings. The molecule has 10 nitrogen and oxygen atoms in total. The number of pyridine rings is 1. The molecule has 1 aliphatic heterocycles. The molecule has 2 amide bonds. The lowest BCUT2D eigenvalue weighted by Crippen LogP contribution is -2.49. The van der Waals surface area contributed by atoms with E-state index in [1.54, 1.807) is 56.2 Å². The molecule has 1 N–H and O–H groups in total. The molecule has 45 heavy (non-hydrogen) atoms. The minimum atomic E-state index is -5.08. The van der Waals surface area contributed by atoms with Gasteiger partial charge in [0.2, 0.25) is 0 Å². The molecule has 0 radical (unpaired) electrons. The van der Waals surface area contributed by atoms with Crippen molar-refractivity contribution in [1.29, 1.82) is 0 Å². The molecule has 0 saturated carbocycles.